The van der Waals surface area contributed by atoms with Gasteiger partial charge in [0.1, 0.15) is 5.75 Å². The summed E-state index contributed by atoms with van der Waals surface area (Å²) < 4.78 is 0. The molecule has 1 aromatic carbocycles. The van der Waals surface area contributed by atoms with Gasteiger partial charge < -0.3 is 10.4 Å². The predicted molar refractivity (Wildman–Crippen MR) is 77.4 cm³/mol. The fourth-order valence-electron chi connectivity index (χ4n) is 3.09. The normalized spacial score (nSPS) is 22.4. The number of phenolic OH excluding ortho intramolecular Hbond substituents is 1. The molecular formula is C16H24N2O. The molecule has 3 rings (SSSR count). The third kappa shape index (κ3) is 2.93. The number of phenols is 1. The molecule has 19 heavy (non-hydrogen) atoms. The minimum absolute atomic E-state index is 0.398. The Morgan fingerprint density at radius 2 is 2.05 bits per heavy atom. The molecular weight excluding hydrogens is 236 g/mol. The lowest BCUT2D eigenvalue weighted by Gasteiger charge is -2.36. The topological polar surface area (TPSA) is 35.5 Å². The minimum atomic E-state index is 0.398. The smallest absolute Gasteiger partial charge is 0.123 e. The molecule has 3 heteroatoms. The van der Waals surface area contributed by atoms with Gasteiger partial charge in [0.15, 0.2) is 0 Å². The summed E-state index contributed by atoms with van der Waals surface area (Å²) in [5.41, 5.74) is 2.13. The van der Waals surface area contributed by atoms with Gasteiger partial charge in [0.05, 0.1) is 0 Å². The molecule has 2 aliphatic rings. The number of rotatable bonds is 4. The first-order valence-corrected chi connectivity index (χ1v) is 7.49. The molecule has 1 aromatic rings. The second-order valence-corrected chi connectivity index (χ2v) is 5.99. The van der Waals surface area contributed by atoms with Crippen molar-refractivity contribution in [1.82, 2.24) is 10.2 Å². The number of nitrogens with zero attached hydrogens (tertiary/aromatic N) is 1. The van der Waals surface area contributed by atoms with Gasteiger partial charge in [0.2, 0.25) is 0 Å². The van der Waals surface area contributed by atoms with E-state index in [1.54, 1.807) is 0 Å². The Morgan fingerprint density at radius 1 is 1.32 bits per heavy atom. The van der Waals surface area contributed by atoms with Crippen molar-refractivity contribution in [1.29, 1.82) is 0 Å². The Balaban J connectivity index is 1.86. The van der Waals surface area contributed by atoms with E-state index < -0.39 is 0 Å². The molecule has 3 nitrogen and oxygen atoms in total. The van der Waals surface area contributed by atoms with E-state index in [0.717, 1.165) is 43.2 Å². The van der Waals surface area contributed by atoms with E-state index in [-0.39, 0.29) is 0 Å². The van der Waals surface area contributed by atoms with Crippen molar-refractivity contribution >= 4 is 0 Å². The van der Waals surface area contributed by atoms with Crippen molar-refractivity contribution in [3.8, 4) is 5.75 Å². The molecule has 1 aliphatic carbocycles. The molecule has 1 saturated heterocycles. The quantitative estimate of drug-likeness (QED) is 0.873. The van der Waals surface area contributed by atoms with Crippen LogP contribution in [0.1, 0.15) is 36.4 Å². The van der Waals surface area contributed by atoms with E-state index in [1.807, 2.05) is 13.0 Å². The highest BCUT2D eigenvalue weighted by atomic mass is 16.3. The first-order chi connectivity index (χ1) is 9.25. The van der Waals surface area contributed by atoms with Gasteiger partial charge in [-0.2, -0.15) is 0 Å². The summed E-state index contributed by atoms with van der Waals surface area (Å²) in [6, 6.07) is 6.57. The number of aromatic hydroxyl groups is 1. The fourth-order valence-corrected chi connectivity index (χ4v) is 3.09. The van der Waals surface area contributed by atoms with E-state index in [9.17, 15) is 5.11 Å². The number of piperazine rings is 1. The van der Waals surface area contributed by atoms with E-state index in [0.29, 0.717) is 11.8 Å². The molecule has 0 aromatic heterocycles. The van der Waals surface area contributed by atoms with Crippen LogP contribution < -0.4 is 5.32 Å². The number of hydrogen-bond acceptors (Lipinski definition) is 3. The summed E-state index contributed by atoms with van der Waals surface area (Å²) in [5.74, 6) is 1.38. The standard InChI is InChI=1S/C16H24N2O/c1-12-3-2-4-14(16(12)19)15(11-13-5-6-13)18-9-7-17-8-10-18/h2-4,13,15,17,19H,5-11H2,1H3/t15-/m1/s1. The monoisotopic (exact) mass is 260 g/mol. The molecule has 0 bridgehead atoms. The van der Waals surface area contributed by atoms with Gasteiger partial charge in [-0.1, -0.05) is 31.0 Å². The molecule has 2 N–H and O–H groups in total. The van der Waals surface area contributed by atoms with Gasteiger partial charge in [0.25, 0.3) is 0 Å². The van der Waals surface area contributed by atoms with E-state index in [1.165, 1.54) is 19.3 Å². The molecule has 0 spiro atoms. The van der Waals surface area contributed by atoms with Gasteiger partial charge in [0, 0.05) is 37.8 Å². The van der Waals surface area contributed by atoms with Crippen molar-refractivity contribution in [2.24, 2.45) is 5.92 Å². The van der Waals surface area contributed by atoms with Crippen LogP contribution in [0, 0.1) is 12.8 Å². The van der Waals surface area contributed by atoms with Gasteiger partial charge in [-0.05, 0) is 24.8 Å². The largest absolute Gasteiger partial charge is 0.507 e. The maximum Gasteiger partial charge on any atom is 0.123 e. The van der Waals surface area contributed by atoms with Crippen LogP contribution >= 0.6 is 0 Å². The molecule has 0 amide bonds. The van der Waals surface area contributed by atoms with Crippen LogP contribution in [0.3, 0.4) is 0 Å². The lowest BCUT2D eigenvalue weighted by atomic mass is 9.96. The van der Waals surface area contributed by atoms with Crippen molar-refractivity contribution < 1.29 is 5.11 Å². The zero-order valence-electron chi connectivity index (χ0n) is 11.7. The molecule has 2 fully saturated rings. The molecule has 1 aliphatic heterocycles. The van der Waals surface area contributed by atoms with Crippen LogP contribution in [0.5, 0.6) is 5.75 Å². The van der Waals surface area contributed by atoms with Crippen molar-refractivity contribution in [3.05, 3.63) is 29.3 Å². The summed E-state index contributed by atoms with van der Waals surface area (Å²) >= 11 is 0. The summed E-state index contributed by atoms with van der Waals surface area (Å²) in [6.07, 6.45) is 3.95. The SMILES string of the molecule is Cc1cccc([C@@H](CC2CC2)N2CCNCC2)c1O. The van der Waals surface area contributed by atoms with Gasteiger partial charge in [-0.15, -0.1) is 0 Å². The van der Waals surface area contributed by atoms with E-state index in [4.69, 9.17) is 0 Å². The summed E-state index contributed by atoms with van der Waals surface area (Å²) in [5, 5.41) is 13.8. The number of para-hydroxylation sites is 1. The molecule has 1 heterocycles. The summed E-state index contributed by atoms with van der Waals surface area (Å²) in [7, 11) is 0. The van der Waals surface area contributed by atoms with Crippen molar-refractivity contribution in [3.63, 3.8) is 0 Å². The second-order valence-electron chi connectivity index (χ2n) is 5.99. The zero-order chi connectivity index (χ0) is 13.2. The number of hydrogen-bond donors (Lipinski definition) is 2. The molecule has 1 saturated carbocycles. The Morgan fingerprint density at radius 3 is 2.74 bits per heavy atom. The van der Waals surface area contributed by atoms with Crippen LogP contribution in [0.4, 0.5) is 0 Å². The Bertz CT molecular complexity index is 436. The highest BCUT2D eigenvalue weighted by molar-refractivity contribution is 5.41. The fraction of sp³-hybridized carbons (Fsp3) is 0.625. The van der Waals surface area contributed by atoms with Gasteiger partial charge >= 0.3 is 0 Å². The highest BCUT2D eigenvalue weighted by Crippen LogP contribution is 2.42. The zero-order valence-corrected chi connectivity index (χ0v) is 11.7. The maximum absolute atomic E-state index is 10.4. The first kappa shape index (κ1) is 12.9. The highest BCUT2D eigenvalue weighted by Gasteiger charge is 2.31. The van der Waals surface area contributed by atoms with Crippen LogP contribution in [0.2, 0.25) is 0 Å². The molecule has 0 unspecified atom stereocenters. The lowest BCUT2D eigenvalue weighted by Crippen LogP contribution is -2.45. The predicted octanol–water partition coefficient (Wildman–Crippen LogP) is 2.45. The molecule has 0 radical (unpaired) electrons. The third-order valence-corrected chi connectivity index (χ3v) is 4.47. The number of aryl methyl sites for hydroxylation is 1. The first-order valence-electron chi connectivity index (χ1n) is 7.49. The van der Waals surface area contributed by atoms with E-state index in [2.05, 4.69) is 22.3 Å². The Kier molecular flexibility index (Phi) is 3.76. The van der Waals surface area contributed by atoms with Crippen molar-refractivity contribution in [2.75, 3.05) is 26.2 Å². The lowest BCUT2D eigenvalue weighted by molar-refractivity contribution is 0.158. The Labute approximate surface area is 115 Å². The van der Waals surface area contributed by atoms with E-state index >= 15 is 0 Å². The van der Waals surface area contributed by atoms with Gasteiger partial charge in [-0.25, -0.2) is 0 Å². The number of nitrogens with one attached hydrogen (secondary N) is 1. The minimum Gasteiger partial charge on any atom is -0.507 e. The molecule has 104 valence electrons. The Hall–Kier alpha value is -1.06. The van der Waals surface area contributed by atoms with Crippen LogP contribution in [-0.4, -0.2) is 36.2 Å². The second kappa shape index (κ2) is 5.51. The van der Waals surface area contributed by atoms with Crippen LogP contribution in [0.15, 0.2) is 18.2 Å². The van der Waals surface area contributed by atoms with Crippen LogP contribution in [0.25, 0.3) is 0 Å². The van der Waals surface area contributed by atoms with Crippen LogP contribution in [-0.2, 0) is 0 Å². The molecule has 1 atom stereocenters. The van der Waals surface area contributed by atoms with Crippen molar-refractivity contribution in [2.45, 2.75) is 32.2 Å². The van der Waals surface area contributed by atoms with Gasteiger partial charge in [-0.3, -0.25) is 4.90 Å². The average molecular weight is 260 g/mol. The summed E-state index contributed by atoms with van der Waals surface area (Å²) in [4.78, 5) is 2.54. The number of benzene rings is 1. The third-order valence-electron chi connectivity index (χ3n) is 4.47. The summed E-state index contributed by atoms with van der Waals surface area (Å²) in [6.45, 7) is 6.29. The maximum atomic E-state index is 10.4. The average Bonchev–Trinajstić information content (AvgIpc) is 3.25.